The van der Waals surface area contributed by atoms with E-state index in [1.54, 1.807) is 18.7 Å². The normalized spacial score (nSPS) is 25.3. The summed E-state index contributed by atoms with van der Waals surface area (Å²) in [6, 6.07) is 0.0404. The van der Waals surface area contributed by atoms with E-state index in [0.29, 0.717) is 11.1 Å². The largest absolute Gasteiger partial charge is 0.332 e. The van der Waals surface area contributed by atoms with Crippen LogP contribution in [0.4, 0.5) is 0 Å². The molecule has 0 aliphatic heterocycles. The van der Waals surface area contributed by atoms with E-state index in [2.05, 4.69) is 14.7 Å². The molecule has 2 rings (SSSR count). The van der Waals surface area contributed by atoms with E-state index in [1.165, 1.54) is 6.20 Å². The molecule has 0 amide bonds. The molecule has 2 unspecified atom stereocenters. The first kappa shape index (κ1) is 12.9. The Kier molecular flexibility index (Phi) is 3.79. The molecule has 7 heteroatoms. The molecule has 1 heterocycles. The van der Waals surface area contributed by atoms with Crippen LogP contribution < -0.4 is 4.72 Å². The van der Waals surface area contributed by atoms with Gasteiger partial charge in [0.15, 0.2) is 5.03 Å². The minimum atomic E-state index is -3.45. The Morgan fingerprint density at radius 2 is 2.29 bits per heavy atom. The summed E-state index contributed by atoms with van der Waals surface area (Å²) >= 11 is 1.73. The number of nitrogens with zero attached hydrogens (tertiary/aromatic N) is 1. The molecule has 0 saturated heterocycles. The van der Waals surface area contributed by atoms with Crippen LogP contribution in [-0.2, 0) is 10.0 Å². The lowest BCUT2D eigenvalue weighted by Gasteiger charge is -2.18. The van der Waals surface area contributed by atoms with E-state index in [1.807, 2.05) is 6.26 Å². The quantitative estimate of drug-likeness (QED) is 0.868. The van der Waals surface area contributed by atoms with Crippen molar-refractivity contribution in [3.05, 3.63) is 12.0 Å². The monoisotopic (exact) mass is 275 g/mol. The smallest absolute Gasteiger partial charge is 0.257 e. The molecule has 17 heavy (non-hydrogen) atoms. The van der Waals surface area contributed by atoms with Crippen molar-refractivity contribution in [1.82, 2.24) is 14.7 Å². The zero-order valence-electron chi connectivity index (χ0n) is 9.93. The summed E-state index contributed by atoms with van der Waals surface area (Å²) in [6.45, 7) is 1.74. The number of nitrogens with one attached hydrogen (secondary N) is 2. The third kappa shape index (κ3) is 2.83. The number of thioether (sulfide) groups is 1. The van der Waals surface area contributed by atoms with Crippen molar-refractivity contribution in [2.75, 3.05) is 6.26 Å². The lowest BCUT2D eigenvalue weighted by Crippen LogP contribution is -2.38. The van der Waals surface area contributed by atoms with Crippen LogP contribution in [0.25, 0.3) is 0 Å². The molecular formula is C10H17N3O2S2. The number of H-pyrrole nitrogens is 1. The molecule has 0 aromatic carbocycles. The van der Waals surface area contributed by atoms with Crippen molar-refractivity contribution in [2.45, 2.75) is 42.5 Å². The highest BCUT2D eigenvalue weighted by Crippen LogP contribution is 2.29. The number of imidazole rings is 1. The van der Waals surface area contributed by atoms with Gasteiger partial charge in [-0.05, 0) is 26.0 Å². The van der Waals surface area contributed by atoms with Crippen LogP contribution in [0, 0.1) is 6.92 Å². The zero-order valence-corrected chi connectivity index (χ0v) is 11.6. The second-order valence-electron chi connectivity index (χ2n) is 4.27. The number of aryl methyl sites for hydroxylation is 1. The lowest BCUT2D eigenvalue weighted by atomic mass is 10.3. The van der Waals surface area contributed by atoms with Crippen molar-refractivity contribution in [3.63, 3.8) is 0 Å². The predicted molar refractivity (Wildman–Crippen MR) is 68.6 cm³/mol. The summed E-state index contributed by atoms with van der Waals surface area (Å²) in [4.78, 5) is 6.67. The first-order valence-corrected chi connectivity index (χ1v) is 8.37. The molecule has 1 saturated carbocycles. The van der Waals surface area contributed by atoms with Gasteiger partial charge in [-0.15, -0.1) is 0 Å². The van der Waals surface area contributed by atoms with E-state index in [0.717, 1.165) is 19.3 Å². The number of rotatable bonds is 4. The third-order valence-corrected chi connectivity index (χ3v) is 5.60. The van der Waals surface area contributed by atoms with Gasteiger partial charge in [0.05, 0.1) is 6.20 Å². The molecule has 2 N–H and O–H groups in total. The van der Waals surface area contributed by atoms with Crippen LogP contribution >= 0.6 is 11.8 Å². The fraction of sp³-hybridized carbons (Fsp3) is 0.700. The van der Waals surface area contributed by atoms with Crippen molar-refractivity contribution >= 4 is 21.8 Å². The van der Waals surface area contributed by atoms with Gasteiger partial charge in [-0.2, -0.15) is 11.8 Å². The number of aromatic nitrogens is 2. The Balaban J connectivity index is 2.12. The topological polar surface area (TPSA) is 74.8 Å². The maximum atomic E-state index is 12.1. The Morgan fingerprint density at radius 3 is 2.88 bits per heavy atom. The Hall–Kier alpha value is -0.530. The van der Waals surface area contributed by atoms with Crippen LogP contribution in [-0.4, -0.2) is 35.9 Å². The lowest BCUT2D eigenvalue weighted by molar-refractivity contribution is 0.552. The highest BCUT2D eigenvalue weighted by atomic mass is 32.2. The second-order valence-corrected chi connectivity index (χ2v) is 7.03. The van der Waals surface area contributed by atoms with Gasteiger partial charge in [0.1, 0.15) is 5.82 Å². The average Bonchev–Trinajstić information content (AvgIpc) is 2.86. The van der Waals surface area contributed by atoms with Gasteiger partial charge < -0.3 is 4.98 Å². The molecule has 5 nitrogen and oxygen atoms in total. The highest BCUT2D eigenvalue weighted by molar-refractivity contribution is 7.99. The number of aromatic amines is 1. The predicted octanol–water partition coefficient (Wildman–Crippen LogP) is 1.28. The SMILES string of the molecule is CSC1CCCC1NS(=O)(=O)c1cnc(C)[nH]1. The zero-order chi connectivity index (χ0) is 12.5. The van der Waals surface area contributed by atoms with Gasteiger partial charge in [-0.3, -0.25) is 0 Å². The summed E-state index contributed by atoms with van der Waals surface area (Å²) in [5, 5.41) is 0.538. The summed E-state index contributed by atoms with van der Waals surface area (Å²) in [5.74, 6) is 0.609. The molecule has 0 bridgehead atoms. The Labute approximate surface area is 106 Å². The molecule has 2 atom stereocenters. The number of hydrogen-bond donors (Lipinski definition) is 2. The number of sulfonamides is 1. The Morgan fingerprint density at radius 1 is 1.53 bits per heavy atom. The third-order valence-electron chi connectivity index (χ3n) is 3.03. The van der Waals surface area contributed by atoms with E-state index >= 15 is 0 Å². The molecule has 0 spiro atoms. The van der Waals surface area contributed by atoms with Crippen LogP contribution in [0.1, 0.15) is 25.1 Å². The molecule has 1 aliphatic rings. The van der Waals surface area contributed by atoms with Crippen molar-refractivity contribution in [2.24, 2.45) is 0 Å². The Bertz CT molecular complexity index is 483. The van der Waals surface area contributed by atoms with E-state index in [9.17, 15) is 8.42 Å². The van der Waals surface area contributed by atoms with Crippen molar-refractivity contribution in [1.29, 1.82) is 0 Å². The van der Waals surface area contributed by atoms with Crippen molar-refractivity contribution in [3.8, 4) is 0 Å². The molecule has 1 aromatic rings. The summed E-state index contributed by atoms with van der Waals surface area (Å²) in [7, 11) is -3.45. The minimum Gasteiger partial charge on any atom is -0.332 e. The maximum Gasteiger partial charge on any atom is 0.257 e. The first-order chi connectivity index (χ1) is 8.03. The van der Waals surface area contributed by atoms with Gasteiger partial charge in [-0.1, -0.05) is 6.42 Å². The maximum absolute atomic E-state index is 12.1. The van der Waals surface area contributed by atoms with Crippen LogP contribution in [0.3, 0.4) is 0 Å². The fourth-order valence-electron chi connectivity index (χ4n) is 2.14. The van der Waals surface area contributed by atoms with Crippen LogP contribution in [0.15, 0.2) is 11.2 Å². The molecule has 1 aromatic heterocycles. The van der Waals surface area contributed by atoms with Gasteiger partial charge in [0.2, 0.25) is 0 Å². The van der Waals surface area contributed by atoms with Crippen LogP contribution in [0.2, 0.25) is 0 Å². The highest BCUT2D eigenvalue weighted by Gasteiger charge is 2.31. The van der Waals surface area contributed by atoms with Gasteiger partial charge in [0.25, 0.3) is 10.0 Å². The molecule has 1 aliphatic carbocycles. The fourth-order valence-corrected chi connectivity index (χ4v) is 4.44. The van der Waals surface area contributed by atoms with Gasteiger partial charge in [0, 0.05) is 11.3 Å². The summed E-state index contributed by atoms with van der Waals surface area (Å²) in [6.07, 6.45) is 6.47. The van der Waals surface area contributed by atoms with Gasteiger partial charge >= 0.3 is 0 Å². The van der Waals surface area contributed by atoms with Crippen molar-refractivity contribution < 1.29 is 8.42 Å². The molecule has 96 valence electrons. The van der Waals surface area contributed by atoms with E-state index in [-0.39, 0.29) is 11.1 Å². The summed E-state index contributed by atoms with van der Waals surface area (Å²) < 4.78 is 26.9. The summed E-state index contributed by atoms with van der Waals surface area (Å²) in [5.41, 5.74) is 0. The molecular weight excluding hydrogens is 258 g/mol. The second kappa shape index (κ2) is 4.99. The first-order valence-electron chi connectivity index (χ1n) is 5.59. The standard InChI is InChI=1S/C10H17N3O2S2/c1-7-11-6-10(12-7)17(14,15)13-8-4-3-5-9(8)16-2/h6,8-9,13H,3-5H2,1-2H3,(H,11,12). The number of hydrogen-bond acceptors (Lipinski definition) is 4. The minimum absolute atomic E-state index is 0.0404. The van der Waals surface area contributed by atoms with Gasteiger partial charge in [-0.25, -0.2) is 18.1 Å². The van der Waals surface area contributed by atoms with E-state index < -0.39 is 10.0 Å². The van der Waals surface area contributed by atoms with E-state index in [4.69, 9.17) is 0 Å². The molecule has 0 radical (unpaired) electrons. The van der Waals surface area contributed by atoms with Crippen LogP contribution in [0.5, 0.6) is 0 Å². The average molecular weight is 275 g/mol. The molecule has 1 fully saturated rings.